The Kier molecular flexibility index (Phi) is 18.4. The number of halogens is 5. The van der Waals surface area contributed by atoms with Crippen molar-refractivity contribution in [2.45, 2.75) is 198 Å². The van der Waals surface area contributed by atoms with E-state index in [1.54, 1.807) is 43.4 Å². The molecule has 376 valence electrons. The Morgan fingerprint density at radius 3 is 1.58 bits per heavy atom. The van der Waals surface area contributed by atoms with E-state index in [0.29, 0.717) is 88.2 Å². The monoisotopic (exact) mass is 952 g/mol. The second kappa shape index (κ2) is 23.4. The summed E-state index contributed by atoms with van der Waals surface area (Å²) in [5.74, 6) is -7.41. The van der Waals surface area contributed by atoms with Crippen LogP contribution in [0.1, 0.15) is 140 Å². The van der Waals surface area contributed by atoms with Crippen LogP contribution < -0.4 is 14.8 Å². The third-order valence-corrected chi connectivity index (χ3v) is 15.2. The van der Waals surface area contributed by atoms with E-state index in [4.69, 9.17) is 14.2 Å². The molecule has 2 fully saturated rings. The summed E-state index contributed by atoms with van der Waals surface area (Å²) in [5.41, 5.74) is 3.11. The molecule has 0 saturated heterocycles. The highest BCUT2D eigenvalue weighted by molar-refractivity contribution is 5.89. The van der Waals surface area contributed by atoms with Gasteiger partial charge in [-0.05, 0) is 161 Å². The molecule has 0 radical (unpaired) electrons. The number of rotatable bonds is 24. The van der Waals surface area contributed by atoms with E-state index >= 15 is 0 Å². The smallest absolute Gasteiger partial charge is 0.455 e. The van der Waals surface area contributed by atoms with Crippen LogP contribution in [0.4, 0.5) is 22.0 Å². The van der Waals surface area contributed by atoms with Crippen molar-refractivity contribution in [3.05, 3.63) is 58.7 Å². The minimum absolute atomic E-state index is 0.00516. The molecule has 12 unspecified atom stereocenters. The maximum atomic E-state index is 14.4. The van der Waals surface area contributed by atoms with E-state index in [2.05, 4.69) is 13.8 Å². The van der Waals surface area contributed by atoms with Crippen LogP contribution in [0.2, 0.25) is 0 Å². The second-order valence-electron chi connectivity index (χ2n) is 20.3. The van der Waals surface area contributed by atoms with Crippen molar-refractivity contribution in [2.24, 2.45) is 35.5 Å². The van der Waals surface area contributed by atoms with Gasteiger partial charge in [-0.3, -0.25) is 4.79 Å². The quantitative estimate of drug-likeness (QED) is 0.0394. The van der Waals surface area contributed by atoms with Gasteiger partial charge < -0.3 is 40.0 Å². The molecule has 4 aliphatic carbocycles. The van der Waals surface area contributed by atoms with E-state index < -0.39 is 73.2 Å². The first-order valence-corrected chi connectivity index (χ1v) is 25.0. The number of carbonyl (C=O) groups is 2. The lowest BCUT2D eigenvalue weighted by molar-refractivity contribution is -0.278. The maximum Gasteiger partial charge on any atom is 0.455 e. The largest absolute Gasteiger partial charge is 0.476 e. The average molecular weight is 952 g/mol. The molecule has 4 aliphatic rings. The lowest BCUT2D eigenvalue weighted by Gasteiger charge is -2.35. The Morgan fingerprint density at radius 1 is 0.687 bits per heavy atom. The summed E-state index contributed by atoms with van der Waals surface area (Å²) in [7, 11) is 0. The van der Waals surface area contributed by atoms with Gasteiger partial charge in [0.05, 0.1) is 37.1 Å². The molecule has 6 rings (SSSR count). The van der Waals surface area contributed by atoms with Gasteiger partial charge in [0.15, 0.2) is 0 Å². The number of aliphatic hydroxyl groups excluding tert-OH is 4. The zero-order valence-corrected chi connectivity index (χ0v) is 39.6. The van der Waals surface area contributed by atoms with Gasteiger partial charge in [-0.15, -0.1) is 0 Å². The predicted octanol–water partition coefficient (Wildman–Crippen LogP) is 9.01. The normalized spacial score (nSPS) is 26.4. The molecule has 0 heterocycles. The van der Waals surface area contributed by atoms with E-state index in [9.17, 15) is 52.0 Å². The molecule has 2 aromatic rings. The minimum atomic E-state index is -5.97. The molecule has 0 aromatic heterocycles. The molecule has 2 aromatic carbocycles. The standard InChI is InChI=1S/C52H74F5NO9/c1-5-7-9-15-35(59)19-21-37-39-23-31-13-11-17-45(41(31)25-33(39)27-43(37)61)66-47(49(63)58-29-51(53,54)52(55,56)57)48(50(64)65-30(3)4)67-46-18-12-14-32-24-40-34(26-42(32)46)28-44(62)38(40)22-20-36(60)16-10-8-6-2/h11-14,17-18,30,33-40,43-44,47-48,59-62H,5-10,15-16,19-29H2,1-4H3,(H,58,63). The van der Waals surface area contributed by atoms with Gasteiger partial charge in [0, 0.05) is 0 Å². The van der Waals surface area contributed by atoms with Crippen LogP contribution in [0.3, 0.4) is 0 Å². The van der Waals surface area contributed by atoms with E-state index in [-0.39, 0.29) is 47.0 Å². The Bertz CT molecular complexity index is 1930. The molecular weight excluding hydrogens is 878 g/mol. The summed E-state index contributed by atoms with van der Waals surface area (Å²) in [4.78, 5) is 28.3. The van der Waals surface area contributed by atoms with Crippen molar-refractivity contribution in [3.63, 3.8) is 0 Å². The van der Waals surface area contributed by atoms with E-state index in [0.717, 1.165) is 49.7 Å². The van der Waals surface area contributed by atoms with Crippen LogP contribution in [-0.4, -0.2) is 93.7 Å². The number of aliphatic hydroxyl groups is 4. The van der Waals surface area contributed by atoms with E-state index in [1.807, 2.05) is 12.1 Å². The predicted molar refractivity (Wildman–Crippen MR) is 243 cm³/mol. The highest BCUT2D eigenvalue weighted by Crippen LogP contribution is 2.50. The Labute approximate surface area is 392 Å². The number of amides is 1. The highest BCUT2D eigenvalue weighted by atomic mass is 19.4. The fourth-order valence-electron chi connectivity index (χ4n) is 11.6. The number of fused-ring (bicyclic) bond motifs is 4. The van der Waals surface area contributed by atoms with Gasteiger partial charge >= 0.3 is 18.1 Å². The van der Waals surface area contributed by atoms with Gasteiger partial charge in [0.25, 0.3) is 5.91 Å². The molecule has 15 heteroatoms. The number of esters is 1. The van der Waals surface area contributed by atoms with Crippen LogP contribution in [0, 0.1) is 35.5 Å². The van der Waals surface area contributed by atoms with Crippen LogP contribution >= 0.6 is 0 Å². The molecule has 12 atom stereocenters. The minimum Gasteiger partial charge on any atom is -0.476 e. The number of unbranched alkanes of at least 4 members (excludes halogenated alkanes) is 4. The number of ether oxygens (including phenoxy) is 3. The van der Waals surface area contributed by atoms with Crippen molar-refractivity contribution in [2.75, 3.05) is 6.54 Å². The van der Waals surface area contributed by atoms with E-state index in [1.165, 1.54) is 0 Å². The second-order valence-corrected chi connectivity index (χ2v) is 20.3. The first kappa shape index (κ1) is 52.8. The molecule has 0 spiro atoms. The lowest BCUT2D eigenvalue weighted by Crippen LogP contribution is -2.56. The van der Waals surface area contributed by atoms with Gasteiger partial charge in [0.1, 0.15) is 11.5 Å². The van der Waals surface area contributed by atoms with Crippen molar-refractivity contribution >= 4 is 11.9 Å². The zero-order valence-electron chi connectivity index (χ0n) is 39.6. The zero-order chi connectivity index (χ0) is 48.6. The summed E-state index contributed by atoms with van der Waals surface area (Å²) < 4.78 is 87.4. The summed E-state index contributed by atoms with van der Waals surface area (Å²) >= 11 is 0. The summed E-state index contributed by atoms with van der Waals surface area (Å²) in [5, 5.41) is 45.6. The first-order chi connectivity index (χ1) is 31.8. The fourth-order valence-corrected chi connectivity index (χ4v) is 11.6. The molecule has 0 bridgehead atoms. The van der Waals surface area contributed by atoms with Crippen molar-refractivity contribution in [3.8, 4) is 11.5 Å². The van der Waals surface area contributed by atoms with Crippen LogP contribution in [0.5, 0.6) is 11.5 Å². The average Bonchev–Trinajstić information content (AvgIpc) is 3.75. The molecule has 10 nitrogen and oxygen atoms in total. The van der Waals surface area contributed by atoms with Gasteiger partial charge in [-0.2, -0.15) is 22.0 Å². The number of alkyl halides is 5. The maximum absolute atomic E-state index is 14.4. The van der Waals surface area contributed by atoms with Crippen molar-refractivity contribution < 1.29 is 66.2 Å². The SMILES string of the molecule is CCCCCC(O)CCC1C(O)CC2Cc3c(cccc3OC(C(=O)NCC(F)(F)C(F)(F)F)C(Oc3cccc4c3CC3CC(O)C(CCC(O)CCCCC)C3C4)C(=O)OC(C)C)CC21. The number of hydrogen-bond donors (Lipinski definition) is 5. The summed E-state index contributed by atoms with van der Waals surface area (Å²) in [6.07, 6.45) is 0.0381. The molecule has 67 heavy (non-hydrogen) atoms. The van der Waals surface area contributed by atoms with Crippen LogP contribution in [0.25, 0.3) is 0 Å². The first-order valence-electron chi connectivity index (χ1n) is 25.0. The highest BCUT2D eigenvalue weighted by Gasteiger charge is 2.58. The molecule has 1 amide bonds. The van der Waals surface area contributed by atoms with Crippen molar-refractivity contribution in [1.82, 2.24) is 5.32 Å². The number of nitrogens with one attached hydrogen (secondary N) is 1. The van der Waals surface area contributed by atoms with Crippen LogP contribution in [-0.2, 0) is 40.0 Å². The van der Waals surface area contributed by atoms with Crippen LogP contribution in [0.15, 0.2) is 36.4 Å². The lowest BCUT2D eigenvalue weighted by atomic mass is 9.73. The molecule has 2 saturated carbocycles. The van der Waals surface area contributed by atoms with Gasteiger partial charge in [-0.1, -0.05) is 76.6 Å². The number of benzene rings is 2. The molecular formula is C52H74F5NO9. The Morgan fingerprint density at radius 2 is 1.15 bits per heavy atom. The fraction of sp³-hybridized carbons (Fsp3) is 0.731. The summed E-state index contributed by atoms with van der Waals surface area (Å²) in [6.45, 7) is 5.22. The topological polar surface area (TPSA) is 155 Å². The Balaban J connectivity index is 1.28. The summed E-state index contributed by atoms with van der Waals surface area (Å²) in [6, 6.07) is 10.4. The number of carbonyl (C=O) groups excluding carboxylic acids is 2. The molecule has 5 N–H and O–H groups in total. The van der Waals surface area contributed by atoms with Gasteiger partial charge in [0.2, 0.25) is 12.2 Å². The van der Waals surface area contributed by atoms with Gasteiger partial charge in [-0.25, -0.2) is 4.79 Å². The third-order valence-electron chi connectivity index (χ3n) is 15.2. The number of hydrogen-bond acceptors (Lipinski definition) is 9. The Hall–Kier alpha value is -3.53. The third kappa shape index (κ3) is 13.2. The van der Waals surface area contributed by atoms with Crippen molar-refractivity contribution in [1.29, 1.82) is 0 Å². The molecule has 0 aliphatic heterocycles.